The van der Waals surface area contributed by atoms with Gasteiger partial charge < -0.3 is 21.4 Å². The molecule has 1 saturated heterocycles. The van der Waals surface area contributed by atoms with Crippen molar-refractivity contribution in [2.45, 2.75) is 19.4 Å². The molecule has 0 radical (unpaired) electrons. The standard InChI is InChI=1S/C10H17N5O/c1-6-2-3-15(7(6)4-11)9-8(12)10(16)14-5-13-9/h5-7H,2-4,11-12H2,1H3,(H,13,14,16). The molecule has 1 fully saturated rings. The number of anilines is 2. The normalized spacial score (nSPS) is 25.0. The fourth-order valence-electron chi connectivity index (χ4n) is 2.26. The number of nitrogens with zero attached hydrogens (tertiary/aromatic N) is 2. The van der Waals surface area contributed by atoms with Crippen LogP contribution in [0.1, 0.15) is 13.3 Å². The van der Waals surface area contributed by atoms with Gasteiger partial charge in [-0.3, -0.25) is 4.79 Å². The van der Waals surface area contributed by atoms with Gasteiger partial charge in [0.15, 0.2) is 5.82 Å². The summed E-state index contributed by atoms with van der Waals surface area (Å²) in [6.45, 7) is 3.56. The number of hydrogen-bond donors (Lipinski definition) is 3. The van der Waals surface area contributed by atoms with Crippen LogP contribution in [0, 0.1) is 5.92 Å². The third-order valence-electron chi connectivity index (χ3n) is 3.26. The Morgan fingerprint density at radius 1 is 1.69 bits per heavy atom. The van der Waals surface area contributed by atoms with Gasteiger partial charge in [0.1, 0.15) is 5.69 Å². The van der Waals surface area contributed by atoms with E-state index in [2.05, 4.69) is 16.9 Å². The summed E-state index contributed by atoms with van der Waals surface area (Å²) in [6.07, 6.45) is 2.43. The smallest absolute Gasteiger partial charge is 0.276 e. The Bertz CT molecular complexity index is 429. The van der Waals surface area contributed by atoms with Gasteiger partial charge in [-0.1, -0.05) is 6.92 Å². The molecule has 6 nitrogen and oxygen atoms in total. The van der Waals surface area contributed by atoms with E-state index in [1.807, 2.05) is 4.90 Å². The summed E-state index contributed by atoms with van der Waals surface area (Å²) in [5, 5.41) is 0. The summed E-state index contributed by atoms with van der Waals surface area (Å²) < 4.78 is 0. The second-order valence-corrected chi connectivity index (χ2v) is 4.23. The molecule has 1 aromatic rings. The Morgan fingerprint density at radius 3 is 3.12 bits per heavy atom. The van der Waals surface area contributed by atoms with Crippen molar-refractivity contribution in [3.63, 3.8) is 0 Å². The summed E-state index contributed by atoms with van der Waals surface area (Å²) >= 11 is 0. The van der Waals surface area contributed by atoms with E-state index in [1.165, 1.54) is 6.33 Å². The Hall–Kier alpha value is -1.56. The van der Waals surface area contributed by atoms with Crippen molar-refractivity contribution in [3.8, 4) is 0 Å². The molecule has 0 aromatic carbocycles. The van der Waals surface area contributed by atoms with Crippen molar-refractivity contribution in [2.75, 3.05) is 23.7 Å². The fourth-order valence-corrected chi connectivity index (χ4v) is 2.26. The summed E-state index contributed by atoms with van der Waals surface area (Å²) in [4.78, 5) is 20.0. The van der Waals surface area contributed by atoms with E-state index in [-0.39, 0.29) is 17.3 Å². The Kier molecular flexibility index (Phi) is 2.82. The highest BCUT2D eigenvalue weighted by Gasteiger charge is 2.32. The van der Waals surface area contributed by atoms with Gasteiger partial charge in [-0.25, -0.2) is 4.98 Å². The molecule has 1 aliphatic rings. The van der Waals surface area contributed by atoms with Crippen LogP contribution in [0.4, 0.5) is 11.5 Å². The average Bonchev–Trinajstić information content (AvgIpc) is 2.63. The SMILES string of the molecule is CC1CCN(c2nc[nH]c(=O)c2N)C1CN. The fraction of sp³-hybridized carbons (Fsp3) is 0.600. The van der Waals surface area contributed by atoms with Crippen molar-refractivity contribution in [1.82, 2.24) is 9.97 Å². The Labute approximate surface area is 93.7 Å². The number of H-pyrrole nitrogens is 1. The minimum atomic E-state index is -0.291. The molecule has 0 spiro atoms. The molecule has 5 N–H and O–H groups in total. The van der Waals surface area contributed by atoms with Crippen LogP contribution in [0.3, 0.4) is 0 Å². The molecule has 2 atom stereocenters. The van der Waals surface area contributed by atoms with E-state index in [4.69, 9.17) is 11.5 Å². The topological polar surface area (TPSA) is 101 Å². The minimum absolute atomic E-state index is 0.176. The zero-order valence-electron chi connectivity index (χ0n) is 9.31. The molecular weight excluding hydrogens is 206 g/mol. The lowest BCUT2D eigenvalue weighted by Gasteiger charge is -2.27. The Morgan fingerprint density at radius 2 is 2.44 bits per heavy atom. The molecule has 2 unspecified atom stereocenters. The molecule has 0 amide bonds. The van der Waals surface area contributed by atoms with Crippen LogP contribution in [0.5, 0.6) is 0 Å². The number of nitrogens with one attached hydrogen (secondary N) is 1. The van der Waals surface area contributed by atoms with Gasteiger partial charge in [-0.15, -0.1) is 0 Å². The van der Waals surface area contributed by atoms with Gasteiger partial charge >= 0.3 is 0 Å². The molecule has 6 heteroatoms. The largest absolute Gasteiger partial charge is 0.391 e. The highest BCUT2D eigenvalue weighted by molar-refractivity contribution is 5.62. The van der Waals surface area contributed by atoms with E-state index < -0.39 is 0 Å². The van der Waals surface area contributed by atoms with E-state index in [0.29, 0.717) is 18.3 Å². The van der Waals surface area contributed by atoms with Crippen molar-refractivity contribution in [2.24, 2.45) is 11.7 Å². The summed E-state index contributed by atoms with van der Waals surface area (Å²) in [6, 6.07) is 0.219. The molecule has 0 bridgehead atoms. The maximum absolute atomic E-state index is 11.4. The van der Waals surface area contributed by atoms with Crippen molar-refractivity contribution < 1.29 is 0 Å². The number of nitrogens with two attached hydrogens (primary N) is 2. The van der Waals surface area contributed by atoms with Crippen LogP contribution in [0.25, 0.3) is 0 Å². The van der Waals surface area contributed by atoms with Crippen LogP contribution in [-0.4, -0.2) is 29.1 Å². The number of hydrogen-bond acceptors (Lipinski definition) is 5. The first-order chi connectivity index (χ1) is 7.65. The molecule has 0 aliphatic carbocycles. The van der Waals surface area contributed by atoms with Crippen molar-refractivity contribution in [1.29, 1.82) is 0 Å². The highest BCUT2D eigenvalue weighted by Crippen LogP contribution is 2.29. The first kappa shape index (κ1) is 10.9. The van der Waals surface area contributed by atoms with Gasteiger partial charge in [0.25, 0.3) is 5.56 Å². The highest BCUT2D eigenvalue weighted by atomic mass is 16.1. The van der Waals surface area contributed by atoms with Crippen LogP contribution < -0.4 is 21.9 Å². The van der Waals surface area contributed by atoms with Gasteiger partial charge in [0, 0.05) is 19.1 Å². The maximum Gasteiger partial charge on any atom is 0.276 e. The zero-order chi connectivity index (χ0) is 11.7. The number of nitrogen functional groups attached to an aromatic ring is 1. The third kappa shape index (κ3) is 1.65. The molecule has 0 saturated carbocycles. The van der Waals surface area contributed by atoms with Crippen LogP contribution in [-0.2, 0) is 0 Å². The lowest BCUT2D eigenvalue weighted by atomic mass is 10.0. The lowest BCUT2D eigenvalue weighted by Crippen LogP contribution is -2.40. The van der Waals surface area contributed by atoms with E-state index in [9.17, 15) is 4.79 Å². The average molecular weight is 223 g/mol. The molecule has 1 aromatic heterocycles. The molecule has 2 rings (SSSR count). The number of aromatic nitrogens is 2. The number of aromatic amines is 1. The quantitative estimate of drug-likeness (QED) is 0.629. The first-order valence-electron chi connectivity index (χ1n) is 5.45. The van der Waals surface area contributed by atoms with Gasteiger partial charge in [-0.05, 0) is 12.3 Å². The Balaban J connectivity index is 2.37. The predicted molar refractivity (Wildman–Crippen MR) is 63.2 cm³/mol. The summed E-state index contributed by atoms with van der Waals surface area (Å²) in [7, 11) is 0. The summed E-state index contributed by atoms with van der Waals surface area (Å²) in [5.41, 5.74) is 11.4. The molecular formula is C10H17N5O. The van der Waals surface area contributed by atoms with Crippen molar-refractivity contribution in [3.05, 3.63) is 16.7 Å². The maximum atomic E-state index is 11.4. The van der Waals surface area contributed by atoms with Gasteiger partial charge in [0.05, 0.1) is 6.33 Å². The molecule has 1 aliphatic heterocycles. The predicted octanol–water partition coefficient (Wildman–Crippen LogP) is -0.474. The van der Waals surface area contributed by atoms with Crippen LogP contribution >= 0.6 is 0 Å². The molecule has 2 heterocycles. The van der Waals surface area contributed by atoms with Gasteiger partial charge in [0.2, 0.25) is 0 Å². The second kappa shape index (κ2) is 4.13. The van der Waals surface area contributed by atoms with Crippen LogP contribution in [0.2, 0.25) is 0 Å². The van der Waals surface area contributed by atoms with Gasteiger partial charge in [-0.2, -0.15) is 0 Å². The third-order valence-corrected chi connectivity index (χ3v) is 3.26. The lowest BCUT2D eigenvalue weighted by molar-refractivity contribution is 0.517. The number of rotatable bonds is 2. The molecule has 16 heavy (non-hydrogen) atoms. The monoisotopic (exact) mass is 223 g/mol. The van der Waals surface area contributed by atoms with E-state index in [0.717, 1.165) is 13.0 Å². The first-order valence-corrected chi connectivity index (χ1v) is 5.45. The molecule has 88 valence electrons. The summed E-state index contributed by atoms with van der Waals surface area (Å²) in [5.74, 6) is 1.06. The second-order valence-electron chi connectivity index (χ2n) is 4.23. The zero-order valence-corrected chi connectivity index (χ0v) is 9.31. The van der Waals surface area contributed by atoms with E-state index in [1.54, 1.807) is 0 Å². The minimum Gasteiger partial charge on any atom is -0.391 e. The van der Waals surface area contributed by atoms with E-state index >= 15 is 0 Å². The van der Waals surface area contributed by atoms with Crippen LogP contribution in [0.15, 0.2) is 11.1 Å². The van der Waals surface area contributed by atoms with Crippen molar-refractivity contribution >= 4 is 11.5 Å².